The number of hydrogen-bond acceptors (Lipinski definition) is 2. The summed E-state index contributed by atoms with van der Waals surface area (Å²) in [5.41, 5.74) is 11.0. The second-order valence-corrected chi connectivity index (χ2v) is 6.71. The lowest BCUT2D eigenvalue weighted by molar-refractivity contribution is -0.123. The van der Waals surface area contributed by atoms with E-state index in [-0.39, 0.29) is 5.92 Å². The highest BCUT2D eigenvalue weighted by Crippen LogP contribution is 2.37. The Morgan fingerprint density at radius 1 is 1.29 bits per heavy atom. The zero-order valence-corrected chi connectivity index (χ0v) is 13.2. The van der Waals surface area contributed by atoms with Crippen LogP contribution in [0.5, 0.6) is 0 Å². The second-order valence-electron chi connectivity index (χ2n) is 6.71. The van der Waals surface area contributed by atoms with E-state index < -0.39 is 0 Å². The number of benzene rings is 1. The van der Waals surface area contributed by atoms with Gasteiger partial charge < -0.3 is 10.6 Å². The van der Waals surface area contributed by atoms with Gasteiger partial charge in [0.1, 0.15) is 0 Å². The van der Waals surface area contributed by atoms with E-state index in [0.29, 0.717) is 18.4 Å². The Balaban J connectivity index is 1.93. The smallest absolute Gasteiger partial charge is 0.230 e. The van der Waals surface area contributed by atoms with Gasteiger partial charge in [0.15, 0.2) is 0 Å². The van der Waals surface area contributed by atoms with Gasteiger partial charge in [-0.3, -0.25) is 4.79 Å². The van der Waals surface area contributed by atoms with Gasteiger partial charge >= 0.3 is 0 Å². The van der Waals surface area contributed by atoms with Crippen LogP contribution in [0.3, 0.4) is 0 Å². The first-order valence-corrected chi connectivity index (χ1v) is 8.23. The molecule has 2 N–H and O–H groups in total. The third-order valence-corrected chi connectivity index (χ3v) is 5.24. The summed E-state index contributed by atoms with van der Waals surface area (Å²) in [6.07, 6.45) is 5.43. The van der Waals surface area contributed by atoms with Crippen molar-refractivity contribution < 1.29 is 4.79 Å². The molecule has 3 heteroatoms. The highest BCUT2D eigenvalue weighted by molar-refractivity contribution is 5.96. The molecule has 2 aliphatic rings. The van der Waals surface area contributed by atoms with Crippen molar-refractivity contribution in [3.63, 3.8) is 0 Å². The van der Waals surface area contributed by atoms with Crippen molar-refractivity contribution in [1.82, 2.24) is 0 Å². The summed E-state index contributed by atoms with van der Waals surface area (Å²) < 4.78 is 0. The molecule has 0 bridgehead atoms. The van der Waals surface area contributed by atoms with E-state index in [1.54, 1.807) is 0 Å². The molecule has 3 nitrogen and oxygen atoms in total. The minimum Gasteiger partial charge on any atom is -0.330 e. The topological polar surface area (TPSA) is 46.3 Å². The fourth-order valence-electron chi connectivity index (χ4n) is 4.15. The number of carbonyl (C=O) groups excluding carboxylic acids is 1. The molecule has 1 aliphatic carbocycles. The third kappa shape index (κ3) is 2.59. The number of nitrogens with zero attached hydrogens (tertiary/aromatic N) is 1. The van der Waals surface area contributed by atoms with Gasteiger partial charge in [-0.2, -0.15) is 0 Å². The lowest BCUT2D eigenvalue weighted by Crippen LogP contribution is -2.42. The summed E-state index contributed by atoms with van der Waals surface area (Å²) >= 11 is 0. The van der Waals surface area contributed by atoms with Crippen molar-refractivity contribution >= 4 is 11.6 Å². The standard InChI is InChI=1S/C18H26N2O/c1-12-9-13(2)15-7-4-8-20(17(15)10-12)18(21)16-6-3-5-14(16)11-19/h9-10,14,16H,3-8,11,19H2,1-2H3/t14-,16-/m1/s1. The molecule has 0 spiro atoms. The maximum absolute atomic E-state index is 13.0. The highest BCUT2D eigenvalue weighted by Gasteiger charge is 2.36. The van der Waals surface area contributed by atoms with Crippen molar-refractivity contribution in [2.45, 2.75) is 46.0 Å². The van der Waals surface area contributed by atoms with Crippen LogP contribution < -0.4 is 10.6 Å². The first-order chi connectivity index (χ1) is 10.1. The second kappa shape index (κ2) is 5.80. The van der Waals surface area contributed by atoms with Crippen LogP contribution in [0.15, 0.2) is 12.1 Å². The molecule has 0 radical (unpaired) electrons. The van der Waals surface area contributed by atoms with Crippen molar-refractivity contribution in [3.05, 3.63) is 28.8 Å². The van der Waals surface area contributed by atoms with E-state index >= 15 is 0 Å². The molecule has 1 amide bonds. The SMILES string of the molecule is Cc1cc(C)c2c(c1)N(C(=O)[C@@H]1CCC[C@@H]1CN)CCC2. The molecule has 2 atom stereocenters. The van der Waals surface area contributed by atoms with E-state index in [1.807, 2.05) is 0 Å². The van der Waals surface area contributed by atoms with Gasteiger partial charge in [0.25, 0.3) is 0 Å². The Morgan fingerprint density at radius 3 is 2.86 bits per heavy atom. The van der Waals surface area contributed by atoms with Crippen molar-refractivity contribution in [1.29, 1.82) is 0 Å². The summed E-state index contributed by atoms with van der Waals surface area (Å²) in [6.45, 7) is 5.79. The molecular weight excluding hydrogens is 260 g/mol. The Morgan fingerprint density at radius 2 is 2.10 bits per heavy atom. The number of fused-ring (bicyclic) bond motifs is 1. The average molecular weight is 286 g/mol. The first-order valence-electron chi connectivity index (χ1n) is 8.23. The Hall–Kier alpha value is -1.35. The van der Waals surface area contributed by atoms with E-state index in [1.165, 1.54) is 16.7 Å². The van der Waals surface area contributed by atoms with Gasteiger partial charge in [-0.25, -0.2) is 0 Å². The lowest BCUT2D eigenvalue weighted by atomic mass is 9.91. The van der Waals surface area contributed by atoms with E-state index in [2.05, 4.69) is 30.9 Å². The molecule has 21 heavy (non-hydrogen) atoms. The molecule has 0 aromatic heterocycles. The zero-order chi connectivity index (χ0) is 15.0. The summed E-state index contributed by atoms with van der Waals surface area (Å²) in [5.74, 6) is 0.837. The Labute approximate surface area is 127 Å². The third-order valence-electron chi connectivity index (χ3n) is 5.24. The number of hydrogen-bond donors (Lipinski definition) is 1. The highest BCUT2D eigenvalue weighted by atomic mass is 16.2. The van der Waals surface area contributed by atoms with Crippen LogP contribution in [0.2, 0.25) is 0 Å². The maximum atomic E-state index is 13.0. The Kier molecular flexibility index (Phi) is 4.03. The quantitative estimate of drug-likeness (QED) is 0.908. The zero-order valence-electron chi connectivity index (χ0n) is 13.2. The van der Waals surface area contributed by atoms with Crippen LogP contribution in [0.4, 0.5) is 5.69 Å². The minimum absolute atomic E-state index is 0.141. The molecule has 1 saturated carbocycles. The summed E-state index contributed by atoms with van der Waals surface area (Å²) in [6, 6.07) is 4.41. The van der Waals surface area contributed by atoms with Gasteiger partial charge in [0.05, 0.1) is 0 Å². The average Bonchev–Trinajstić information content (AvgIpc) is 2.94. The van der Waals surface area contributed by atoms with E-state index in [9.17, 15) is 4.79 Å². The molecule has 1 heterocycles. The predicted molar refractivity (Wildman–Crippen MR) is 86.5 cm³/mol. The van der Waals surface area contributed by atoms with Gasteiger partial charge in [0.2, 0.25) is 5.91 Å². The molecule has 114 valence electrons. The fraction of sp³-hybridized carbons (Fsp3) is 0.611. The van der Waals surface area contributed by atoms with Gasteiger partial charge in [-0.1, -0.05) is 12.5 Å². The van der Waals surface area contributed by atoms with E-state index in [4.69, 9.17) is 5.73 Å². The predicted octanol–water partition coefficient (Wildman–Crippen LogP) is 2.96. The van der Waals surface area contributed by atoms with Crippen LogP contribution in [0, 0.1) is 25.7 Å². The van der Waals surface area contributed by atoms with Crippen LogP contribution in [0.1, 0.15) is 42.4 Å². The van der Waals surface area contributed by atoms with Crippen molar-refractivity contribution in [3.8, 4) is 0 Å². The number of carbonyl (C=O) groups is 1. The van der Waals surface area contributed by atoms with Crippen LogP contribution >= 0.6 is 0 Å². The summed E-state index contributed by atoms with van der Waals surface area (Å²) in [7, 11) is 0. The maximum Gasteiger partial charge on any atom is 0.230 e. The molecular formula is C18H26N2O. The minimum atomic E-state index is 0.141. The fourth-order valence-corrected chi connectivity index (χ4v) is 4.15. The monoisotopic (exact) mass is 286 g/mol. The number of aryl methyl sites for hydroxylation is 2. The van der Waals surface area contributed by atoms with Crippen molar-refractivity contribution in [2.24, 2.45) is 17.6 Å². The number of nitrogens with two attached hydrogens (primary N) is 1. The van der Waals surface area contributed by atoms with Gasteiger partial charge in [0, 0.05) is 18.2 Å². The summed E-state index contributed by atoms with van der Waals surface area (Å²) in [4.78, 5) is 15.1. The molecule has 1 aliphatic heterocycles. The number of anilines is 1. The molecule has 1 fully saturated rings. The van der Waals surface area contributed by atoms with Gasteiger partial charge in [-0.05, 0) is 74.8 Å². The van der Waals surface area contributed by atoms with Crippen LogP contribution in [-0.2, 0) is 11.2 Å². The number of amides is 1. The Bertz CT molecular complexity index is 552. The molecule has 1 aromatic rings. The normalized spacial score (nSPS) is 25.0. The molecule has 3 rings (SSSR count). The summed E-state index contributed by atoms with van der Waals surface area (Å²) in [5, 5.41) is 0. The van der Waals surface area contributed by atoms with Crippen LogP contribution in [-0.4, -0.2) is 19.0 Å². The first kappa shape index (κ1) is 14.6. The molecule has 0 unspecified atom stereocenters. The van der Waals surface area contributed by atoms with Crippen molar-refractivity contribution in [2.75, 3.05) is 18.0 Å². The lowest BCUT2D eigenvalue weighted by Gasteiger charge is -2.34. The largest absolute Gasteiger partial charge is 0.330 e. The number of rotatable bonds is 2. The molecule has 1 aromatic carbocycles. The van der Waals surface area contributed by atoms with Crippen LogP contribution in [0.25, 0.3) is 0 Å². The molecule has 0 saturated heterocycles. The van der Waals surface area contributed by atoms with Gasteiger partial charge in [-0.15, -0.1) is 0 Å². The van der Waals surface area contributed by atoms with E-state index in [0.717, 1.165) is 44.3 Å².